The molecule has 34 heavy (non-hydrogen) atoms. The lowest BCUT2D eigenvalue weighted by atomic mass is 9.95. The average molecular weight is 479 g/mol. The molecule has 7 nitrogen and oxygen atoms in total. The maximum atomic E-state index is 13.2. The van der Waals surface area contributed by atoms with Crippen molar-refractivity contribution in [2.75, 3.05) is 51.0 Å². The molecule has 2 aromatic carbocycles. The maximum absolute atomic E-state index is 13.2. The summed E-state index contributed by atoms with van der Waals surface area (Å²) in [5, 5.41) is 1.09. The molecule has 0 radical (unpaired) electrons. The Balaban J connectivity index is 0.998. The van der Waals surface area contributed by atoms with Crippen LogP contribution in [0.1, 0.15) is 24.0 Å². The monoisotopic (exact) mass is 478 g/mol. The molecule has 0 saturated carbocycles. The van der Waals surface area contributed by atoms with Gasteiger partial charge >= 0.3 is 0 Å². The number of thiazole rings is 1. The SMILES string of the molecule is Cc1ccc2nc(N3CCC(C(=O)N4CCN(Cc5ccc6c(c5)OCO6)CC4)CC3)sc2c1. The quantitative estimate of drug-likeness (QED) is 0.567. The molecule has 0 unspecified atom stereocenters. The fourth-order valence-electron chi connectivity index (χ4n) is 5.15. The van der Waals surface area contributed by atoms with Crippen LogP contribution in [0.25, 0.3) is 10.2 Å². The number of piperazine rings is 1. The number of hydrogen-bond donors (Lipinski definition) is 0. The number of ether oxygens (including phenoxy) is 2. The van der Waals surface area contributed by atoms with Crippen LogP contribution in [0.3, 0.4) is 0 Å². The van der Waals surface area contributed by atoms with Gasteiger partial charge in [0.25, 0.3) is 0 Å². The van der Waals surface area contributed by atoms with E-state index in [1.54, 1.807) is 11.3 Å². The number of nitrogens with zero attached hydrogens (tertiary/aromatic N) is 4. The highest BCUT2D eigenvalue weighted by Crippen LogP contribution is 2.34. The van der Waals surface area contributed by atoms with Gasteiger partial charge in [0.2, 0.25) is 12.7 Å². The van der Waals surface area contributed by atoms with Crippen LogP contribution in [-0.4, -0.2) is 66.8 Å². The Labute approximate surface area is 203 Å². The van der Waals surface area contributed by atoms with Crippen molar-refractivity contribution in [2.24, 2.45) is 5.92 Å². The van der Waals surface area contributed by atoms with E-state index in [9.17, 15) is 4.79 Å². The topological polar surface area (TPSA) is 58.1 Å². The van der Waals surface area contributed by atoms with Crippen LogP contribution >= 0.6 is 11.3 Å². The van der Waals surface area contributed by atoms with Crippen molar-refractivity contribution in [2.45, 2.75) is 26.3 Å². The second-order valence-electron chi connectivity index (χ2n) is 9.52. The van der Waals surface area contributed by atoms with Crippen molar-refractivity contribution in [3.8, 4) is 11.5 Å². The predicted molar refractivity (Wildman–Crippen MR) is 134 cm³/mol. The molecule has 4 heterocycles. The van der Waals surface area contributed by atoms with Crippen molar-refractivity contribution in [1.29, 1.82) is 0 Å². The molecule has 0 aliphatic carbocycles. The molecular weight excluding hydrogens is 448 g/mol. The number of carbonyl (C=O) groups is 1. The first-order chi connectivity index (χ1) is 16.6. The van der Waals surface area contributed by atoms with E-state index in [2.05, 4.69) is 52.0 Å². The number of benzene rings is 2. The zero-order chi connectivity index (χ0) is 23.1. The molecule has 0 spiro atoms. The fraction of sp³-hybridized carbons (Fsp3) is 0.462. The fourth-order valence-corrected chi connectivity index (χ4v) is 6.27. The normalized spacial score (nSPS) is 19.2. The Morgan fingerprint density at radius 2 is 1.79 bits per heavy atom. The number of fused-ring (bicyclic) bond motifs is 2. The van der Waals surface area contributed by atoms with E-state index in [1.807, 2.05) is 6.07 Å². The second kappa shape index (κ2) is 9.07. The number of piperidine rings is 1. The van der Waals surface area contributed by atoms with Gasteiger partial charge < -0.3 is 19.3 Å². The third-order valence-corrected chi connectivity index (χ3v) is 8.25. The highest BCUT2D eigenvalue weighted by Gasteiger charge is 2.31. The number of aromatic nitrogens is 1. The molecule has 8 heteroatoms. The van der Waals surface area contributed by atoms with Crippen LogP contribution in [0, 0.1) is 12.8 Å². The van der Waals surface area contributed by atoms with Gasteiger partial charge in [-0.25, -0.2) is 4.98 Å². The summed E-state index contributed by atoms with van der Waals surface area (Å²) in [7, 11) is 0. The minimum absolute atomic E-state index is 0.133. The first-order valence-electron chi connectivity index (χ1n) is 12.1. The highest BCUT2D eigenvalue weighted by molar-refractivity contribution is 7.22. The lowest BCUT2D eigenvalue weighted by molar-refractivity contribution is -0.138. The van der Waals surface area contributed by atoms with E-state index in [1.165, 1.54) is 15.8 Å². The molecule has 1 amide bonds. The van der Waals surface area contributed by atoms with Crippen LogP contribution in [0.2, 0.25) is 0 Å². The predicted octanol–water partition coefficient (Wildman–Crippen LogP) is 3.89. The zero-order valence-electron chi connectivity index (χ0n) is 19.5. The van der Waals surface area contributed by atoms with Gasteiger partial charge in [0, 0.05) is 51.7 Å². The van der Waals surface area contributed by atoms with Crippen molar-refractivity contribution in [1.82, 2.24) is 14.8 Å². The van der Waals surface area contributed by atoms with Gasteiger partial charge in [-0.3, -0.25) is 9.69 Å². The van der Waals surface area contributed by atoms with Crippen LogP contribution in [0.5, 0.6) is 11.5 Å². The standard InChI is InChI=1S/C26H30N4O3S/c1-18-2-4-21-24(14-18)34-26(27-21)30-8-6-20(7-9-30)25(31)29-12-10-28(11-13-29)16-19-3-5-22-23(15-19)33-17-32-22/h2-5,14-15,20H,6-13,16-17H2,1H3. The summed E-state index contributed by atoms with van der Waals surface area (Å²) < 4.78 is 12.1. The molecule has 3 aromatic rings. The lowest BCUT2D eigenvalue weighted by Gasteiger charge is -2.38. The summed E-state index contributed by atoms with van der Waals surface area (Å²) in [6.07, 6.45) is 1.82. The summed E-state index contributed by atoms with van der Waals surface area (Å²) in [6.45, 7) is 8.53. The van der Waals surface area contributed by atoms with Crippen LogP contribution < -0.4 is 14.4 Å². The summed E-state index contributed by atoms with van der Waals surface area (Å²) in [4.78, 5) is 24.9. The molecule has 6 rings (SSSR count). The Hall–Kier alpha value is -2.84. The Morgan fingerprint density at radius 1 is 1.00 bits per heavy atom. The number of carbonyl (C=O) groups excluding carboxylic acids is 1. The molecule has 3 aliphatic heterocycles. The summed E-state index contributed by atoms with van der Waals surface area (Å²) in [6, 6.07) is 12.6. The Bertz CT molecular complexity index is 1200. The van der Waals surface area contributed by atoms with E-state index in [0.29, 0.717) is 12.7 Å². The van der Waals surface area contributed by atoms with Crippen molar-refractivity contribution in [3.63, 3.8) is 0 Å². The van der Waals surface area contributed by atoms with Crippen molar-refractivity contribution < 1.29 is 14.3 Å². The van der Waals surface area contributed by atoms with Gasteiger partial charge in [-0.2, -0.15) is 0 Å². The summed E-state index contributed by atoms with van der Waals surface area (Å²) >= 11 is 1.76. The highest BCUT2D eigenvalue weighted by atomic mass is 32.1. The van der Waals surface area contributed by atoms with Gasteiger partial charge in [0.1, 0.15) is 0 Å². The first-order valence-corrected chi connectivity index (χ1v) is 13.0. The third-order valence-electron chi connectivity index (χ3n) is 7.17. The van der Waals surface area contributed by atoms with Gasteiger partial charge in [-0.15, -0.1) is 0 Å². The molecule has 3 aliphatic rings. The molecule has 1 aromatic heterocycles. The molecule has 2 saturated heterocycles. The minimum atomic E-state index is 0.133. The van der Waals surface area contributed by atoms with E-state index < -0.39 is 0 Å². The Morgan fingerprint density at radius 3 is 2.62 bits per heavy atom. The zero-order valence-corrected chi connectivity index (χ0v) is 20.4. The summed E-state index contributed by atoms with van der Waals surface area (Å²) in [5.41, 5.74) is 3.56. The molecule has 0 bridgehead atoms. The van der Waals surface area contributed by atoms with Gasteiger partial charge in [-0.1, -0.05) is 23.5 Å². The Kier molecular flexibility index (Phi) is 5.79. The van der Waals surface area contributed by atoms with Gasteiger partial charge in [0.15, 0.2) is 16.6 Å². The van der Waals surface area contributed by atoms with E-state index in [0.717, 1.165) is 80.8 Å². The molecule has 2 fully saturated rings. The number of amides is 1. The third kappa shape index (κ3) is 4.32. The lowest BCUT2D eigenvalue weighted by Crippen LogP contribution is -2.51. The number of anilines is 1. The van der Waals surface area contributed by atoms with Crippen LogP contribution in [0.4, 0.5) is 5.13 Å². The second-order valence-corrected chi connectivity index (χ2v) is 10.5. The van der Waals surface area contributed by atoms with Gasteiger partial charge in [-0.05, 0) is 55.2 Å². The van der Waals surface area contributed by atoms with Crippen molar-refractivity contribution in [3.05, 3.63) is 47.5 Å². The minimum Gasteiger partial charge on any atom is -0.454 e. The van der Waals surface area contributed by atoms with E-state index >= 15 is 0 Å². The molecule has 178 valence electrons. The van der Waals surface area contributed by atoms with Gasteiger partial charge in [0.05, 0.1) is 10.2 Å². The first kappa shape index (κ1) is 21.7. The number of rotatable bonds is 4. The number of hydrogen-bond acceptors (Lipinski definition) is 7. The maximum Gasteiger partial charge on any atom is 0.231 e. The van der Waals surface area contributed by atoms with E-state index in [-0.39, 0.29) is 5.92 Å². The largest absolute Gasteiger partial charge is 0.454 e. The number of aryl methyl sites for hydroxylation is 1. The van der Waals surface area contributed by atoms with Crippen molar-refractivity contribution >= 4 is 32.6 Å². The smallest absolute Gasteiger partial charge is 0.231 e. The summed E-state index contributed by atoms with van der Waals surface area (Å²) in [5.74, 6) is 2.12. The van der Waals surface area contributed by atoms with Crippen LogP contribution in [-0.2, 0) is 11.3 Å². The molecule has 0 atom stereocenters. The van der Waals surface area contributed by atoms with Crippen LogP contribution in [0.15, 0.2) is 36.4 Å². The average Bonchev–Trinajstić information content (AvgIpc) is 3.50. The molecule has 0 N–H and O–H groups in total. The molecular formula is C26H30N4O3S. The van der Waals surface area contributed by atoms with E-state index in [4.69, 9.17) is 14.5 Å².